The molecule has 146 valence electrons. The van der Waals surface area contributed by atoms with E-state index in [0.717, 1.165) is 29.1 Å². The molecular weight excluding hydrogens is 393 g/mol. The van der Waals surface area contributed by atoms with Gasteiger partial charge in [0.25, 0.3) is 0 Å². The molecule has 0 fully saturated rings. The Bertz CT molecular complexity index is 907. The van der Waals surface area contributed by atoms with E-state index in [1.165, 1.54) is 7.11 Å². The molecule has 0 aliphatic rings. The van der Waals surface area contributed by atoms with Crippen molar-refractivity contribution in [3.05, 3.63) is 72.1 Å². The summed E-state index contributed by atoms with van der Waals surface area (Å²) < 4.78 is 50.1. The second kappa shape index (κ2) is 9.05. The zero-order valence-corrected chi connectivity index (χ0v) is 15.5. The second-order valence-corrected chi connectivity index (χ2v) is 6.30. The van der Waals surface area contributed by atoms with Gasteiger partial charge in [0.1, 0.15) is 6.61 Å². The highest BCUT2D eigenvalue weighted by Gasteiger charge is 2.32. The average Bonchev–Trinajstić information content (AvgIpc) is 2.71. The molecule has 2 aromatic heterocycles. The highest BCUT2D eigenvalue weighted by molar-refractivity contribution is 7.94. The van der Waals surface area contributed by atoms with E-state index >= 15 is 0 Å². The van der Waals surface area contributed by atoms with Crippen LogP contribution in [0, 0.1) is 0 Å². The van der Waals surface area contributed by atoms with Gasteiger partial charge in [0, 0.05) is 22.7 Å². The van der Waals surface area contributed by atoms with Crippen molar-refractivity contribution in [2.45, 2.75) is 17.7 Å². The molecule has 0 aliphatic heterocycles. The largest absolute Gasteiger partial charge is 0.471 e. The van der Waals surface area contributed by atoms with Crippen LogP contribution in [0.15, 0.2) is 65.7 Å². The molecule has 0 saturated carbocycles. The Balaban J connectivity index is 1.87. The van der Waals surface area contributed by atoms with E-state index in [-0.39, 0.29) is 18.2 Å². The lowest BCUT2D eigenvalue weighted by molar-refractivity contribution is -0.160. The maximum atomic E-state index is 13.3. The van der Waals surface area contributed by atoms with Crippen LogP contribution in [-0.2, 0) is 22.0 Å². The van der Waals surface area contributed by atoms with Crippen molar-refractivity contribution in [3.8, 4) is 17.1 Å². The number of aromatic nitrogens is 2. The minimum absolute atomic E-state index is 0.0124. The molecule has 9 heteroatoms. The maximum Gasteiger partial charge on any atom is 0.416 e. The van der Waals surface area contributed by atoms with Gasteiger partial charge in [-0.1, -0.05) is 18.2 Å². The van der Waals surface area contributed by atoms with Crippen molar-refractivity contribution in [3.63, 3.8) is 0 Å². The Morgan fingerprint density at radius 3 is 2.46 bits per heavy atom. The lowest BCUT2D eigenvalue weighted by Gasteiger charge is -2.12. The van der Waals surface area contributed by atoms with Crippen LogP contribution in [0.3, 0.4) is 0 Å². The van der Waals surface area contributed by atoms with Gasteiger partial charge in [-0.05, 0) is 30.3 Å². The number of pyridine rings is 2. The summed E-state index contributed by atoms with van der Waals surface area (Å²) in [4.78, 5) is 13.5. The monoisotopic (exact) mass is 408 g/mol. The van der Waals surface area contributed by atoms with Crippen LogP contribution in [0.5, 0.6) is 5.88 Å². The van der Waals surface area contributed by atoms with Crippen molar-refractivity contribution in [2.24, 2.45) is 0 Å². The molecular formula is C19H15F3N2O3S. The van der Waals surface area contributed by atoms with Crippen LogP contribution < -0.4 is 4.74 Å². The number of benzene rings is 1. The molecule has 28 heavy (non-hydrogen) atoms. The molecule has 3 aromatic rings. The predicted octanol–water partition coefficient (Wildman–Crippen LogP) is 5.33. The van der Waals surface area contributed by atoms with E-state index in [1.54, 1.807) is 48.7 Å². The van der Waals surface area contributed by atoms with Crippen molar-refractivity contribution in [1.29, 1.82) is 0 Å². The van der Waals surface area contributed by atoms with Crippen molar-refractivity contribution in [2.75, 3.05) is 7.11 Å². The van der Waals surface area contributed by atoms with Crippen LogP contribution in [0.4, 0.5) is 13.2 Å². The van der Waals surface area contributed by atoms with Crippen LogP contribution in [-0.4, -0.2) is 17.1 Å². The molecule has 0 unspecified atom stereocenters. The van der Waals surface area contributed by atoms with Gasteiger partial charge in [0.15, 0.2) is 0 Å². The first-order valence-corrected chi connectivity index (χ1v) is 8.79. The zero-order chi connectivity index (χ0) is 20.0. The molecule has 0 bridgehead atoms. The first kappa shape index (κ1) is 20.1. The molecule has 0 N–H and O–H groups in total. The third kappa shape index (κ3) is 5.44. The number of hydrogen-bond acceptors (Lipinski definition) is 6. The predicted molar refractivity (Wildman–Crippen MR) is 97.2 cm³/mol. The molecule has 0 saturated heterocycles. The Kier molecular flexibility index (Phi) is 6.50. The van der Waals surface area contributed by atoms with Crippen LogP contribution in [0.2, 0.25) is 0 Å². The fourth-order valence-electron chi connectivity index (χ4n) is 2.28. The van der Waals surface area contributed by atoms with Gasteiger partial charge in [-0.25, -0.2) is 9.87 Å². The van der Waals surface area contributed by atoms with Crippen molar-refractivity contribution < 1.29 is 27.1 Å². The Labute approximate surface area is 163 Å². The molecule has 0 amide bonds. The lowest BCUT2D eigenvalue weighted by Crippen LogP contribution is -2.08. The van der Waals surface area contributed by atoms with Gasteiger partial charge in [-0.3, -0.25) is 4.98 Å². The molecule has 5 nitrogen and oxygen atoms in total. The number of nitrogens with zero attached hydrogens (tertiary/aromatic N) is 2. The number of ether oxygens (including phenoxy) is 1. The molecule has 0 aliphatic carbocycles. The summed E-state index contributed by atoms with van der Waals surface area (Å²) in [5, 5.41) is 0. The topological polar surface area (TPSA) is 53.5 Å². The molecule has 1 aromatic carbocycles. The molecule has 0 radical (unpaired) electrons. The molecule has 2 heterocycles. The van der Waals surface area contributed by atoms with E-state index in [1.807, 2.05) is 0 Å². The minimum Gasteiger partial charge on any atom is -0.471 e. The average molecular weight is 408 g/mol. The maximum absolute atomic E-state index is 13.3. The number of rotatable bonds is 7. The van der Waals surface area contributed by atoms with Gasteiger partial charge < -0.3 is 4.74 Å². The molecule has 3 rings (SSSR count). The Morgan fingerprint density at radius 2 is 1.82 bits per heavy atom. The van der Waals surface area contributed by atoms with Gasteiger partial charge >= 0.3 is 6.18 Å². The number of halogens is 3. The SMILES string of the molecule is COOSc1ccc(-c2cc(C(F)(F)F)cc(OCc3ccccn3)n2)cc1. The van der Waals surface area contributed by atoms with Crippen molar-refractivity contribution >= 4 is 12.0 Å². The zero-order valence-electron chi connectivity index (χ0n) is 14.6. The summed E-state index contributed by atoms with van der Waals surface area (Å²) in [6.07, 6.45) is -2.94. The summed E-state index contributed by atoms with van der Waals surface area (Å²) >= 11 is 0.986. The fraction of sp³-hybridized carbons (Fsp3) is 0.158. The van der Waals surface area contributed by atoms with Gasteiger partial charge in [0.05, 0.1) is 36.1 Å². The molecule has 0 atom stereocenters. The number of alkyl halides is 3. The summed E-state index contributed by atoms with van der Waals surface area (Å²) in [7, 11) is 1.38. The first-order valence-electron chi connectivity index (χ1n) is 8.05. The fourth-order valence-corrected chi connectivity index (χ4v) is 2.67. The first-order chi connectivity index (χ1) is 13.5. The van der Waals surface area contributed by atoms with Gasteiger partial charge in [0.2, 0.25) is 5.88 Å². The summed E-state index contributed by atoms with van der Waals surface area (Å²) in [5.74, 6) is -0.128. The summed E-state index contributed by atoms with van der Waals surface area (Å²) in [6.45, 7) is 0.0124. The number of hydrogen-bond donors (Lipinski definition) is 0. The van der Waals surface area contributed by atoms with Crippen LogP contribution in [0.25, 0.3) is 11.3 Å². The molecule has 0 spiro atoms. The highest BCUT2D eigenvalue weighted by atomic mass is 32.2. The quantitative estimate of drug-likeness (QED) is 0.299. The lowest BCUT2D eigenvalue weighted by atomic mass is 10.1. The highest BCUT2D eigenvalue weighted by Crippen LogP contribution is 2.34. The smallest absolute Gasteiger partial charge is 0.416 e. The Morgan fingerprint density at radius 1 is 1.04 bits per heavy atom. The standard InChI is InChI=1S/C19H15F3N2O3S/c1-25-27-28-16-7-5-13(6-8-16)17-10-14(19(20,21)22)11-18(24-17)26-12-15-4-2-3-9-23-15/h2-11H,12H2,1H3. The van der Waals surface area contributed by atoms with Gasteiger partial charge in [-0.2, -0.15) is 17.5 Å². The van der Waals surface area contributed by atoms with Crippen molar-refractivity contribution in [1.82, 2.24) is 9.97 Å². The van der Waals surface area contributed by atoms with Gasteiger partial charge in [-0.15, -0.1) is 0 Å². The van der Waals surface area contributed by atoms with E-state index in [0.29, 0.717) is 11.3 Å². The Hall–Kier alpha value is -2.62. The van der Waals surface area contributed by atoms with E-state index < -0.39 is 11.7 Å². The summed E-state index contributed by atoms with van der Waals surface area (Å²) in [5.41, 5.74) is 0.406. The third-order valence-corrected chi connectivity index (χ3v) is 4.24. The third-order valence-electron chi connectivity index (χ3n) is 3.57. The van der Waals surface area contributed by atoms with E-state index in [4.69, 9.17) is 9.07 Å². The summed E-state index contributed by atoms with van der Waals surface area (Å²) in [6, 6.07) is 13.8. The second-order valence-electron chi connectivity index (χ2n) is 5.53. The van der Waals surface area contributed by atoms with E-state index in [2.05, 4.69) is 14.9 Å². The van der Waals surface area contributed by atoms with Crippen LogP contribution in [0.1, 0.15) is 11.3 Å². The van der Waals surface area contributed by atoms with Crippen LogP contribution >= 0.6 is 12.0 Å². The van der Waals surface area contributed by atoms with E-state index in [9.17, 15) is 13.2 Å². The normalized spacial score (nSPS) is 11.4. The minimum atomic E-state index is -4.52.